The van der Waals surface area contributed by atoms with Crippen molar-refractivity contribution in [2.75, 3.05) is 32.6 Å². The molecule has 1 unspecified atom stereocenters. The van der Waals surface area contributed by atoms with Crippen molar-refractivity contribution in [3.05, 3.63) is 29.8 Å². The molecule has 1 aliphatic heterocycles. The summed E-state index contributed by atoms with van der Waals surface area (Å²) in [6.45, 7) is 1.83. The first-order valence-corrected chi connectivity index (χ1v) is 9.11. The van der Waals surface area contributed by atoms with Gasteiger partial charge in [-0.3, -0.25) is 0 Å². The minimum Gasteiger partial charge on any atom is -0.493 e. The highest BCUT2D eigenvalue weighted by Crippen LogP contribution is 2.20. The van der Waals surface area contributed by atoms with Gasteiger partial charge in [0.15, 0.2) is 0 Å². The molecular formula is C15H23NO4S. The fourth-order valence-corrected chi connectivity index (χ4v) is 3.50. The Kier molecular flexibility index (Phi) is 5.61. The van der Waals surface area contributed by atoms with Gasteiger partial charge in [-0.25, -0.2) is 12.7 Å². The topological polar surface area (TPSA) is 66.8 Å². The van der Waals surface area contributed by atoms with Crippen LogP contribution in [0.3, 0.4) is 0 Å². The second kappa shape index (κ2) is 7.24. The number of benzene rings is 1. The van der Waals surface area contributed by atoms with Crippen LogP contribution in [0.25, 0.3) is 0 Å². The highest BCUT2D eigenvalue weighted by atomic mass is 32.2. The van der Waals surface area contributed by atoms with Crippen molar-refractivity contribution in [2.24, 2.45) is 5.92 Å². The third-order valence-electron chi connectivity index (χ3n) is 3.76. The van der Waals surface area contributed by atoms with Gasteiger partial charge in [0.05, 0.1) is 12.9 Å². The van der Waals surface area contributed by atoms with Crippen LogP contribution < -0.4 is 4.74 Å². The van der Waals surface area contributed by atoms with Crippen LogP contribution in [0, 0.1) is 5.92 Å². The molecule has 2 rings (SSSR count). The van der Waals surface area contributed by atoms with Gasteiger partial charge in [-0.05, 0) is 37.0 Å². The van der Waals surface area contributed by atoms with Crippen molar-refractivity contribution in [1.82, 2.24) is 4.31 Å². The van der Waals surface area contributed by atoms with E-state index in [0.717, 1.165) is 24.2 Å². The predicted molar refractivity (Wildman–Crippen MR) is 81.9 cm³/mol. The van der Waals surface area contributed by atoms with Crippen LogP contribution >= 0.6 is 0 Å². The van der Waals surface area contributed by atoms with E-state index in [0.29, 0.717) is 26.1 Å². The van der Waals surface area contributed by atoms with Crippen LogP contribution in [0.5, 0.6) is 5.75 Å². The summed E-state index contributed by atoms with van der Waals surface area (Å²) < 4.78 is 30.4. The smallest absolute Gasteiger partial charge is 0.211 e. The third kappa shape index (κ3) is 4.98. The normalized spacial score (nSPS) is 20.4. The van der Waals surface area contributed by atoms with E-state index in [-0.39, 0.29) is 12.5 Å². The summed E-state index contributed by atoms with van der Waals surface area (Å²) in [6.07, 6.45) is 3.79. The summed E-state index contributed by atoms with van der Waals surface area (Å²) in [4.78, 5) is 0. The van der Waals surface area contributed by atoms with Crippen molar-refractivity contribution < 1.29 is 18.3 Å². The zero-order valence-electron chi connectivity index (χ0n) is 12.4. The number of ether oxygens (including phenoxy) is 1. The van der Waals surface area contributed by atoms with Crippen LogP contribution in [0.4, 0.5) is 0 Å². The van der Waals surface area contributed by atoms with E-state index < -0.39 is 10.0 Å². The molecule has 0 spiro atoms. The Hall–Kier alpha value is -1.11. The Morgan fingerprint density at radius 1 is 1.33 bits per heavy atom. The number of aliphatic hydroxyl groups excluding tert-OH is 1. The summed E-state index contributed by atoms with van der Waals surface area (Å²) in [5, 5.41) is 8.87. The molecule has 0 aliphatic carbocycles. The molecule has 1 N–H and O–H groups in total. The minimum absolute atomic E-state index is 0.142. The summed E-state index contributed by atoms with van der Waals surface area (Å²) in [6, 6.07) is 7.66. The molecule has 1 aromatic carbocycles. The molecule has 0 amide bonds. The van der Waals surface area contributed by atoms with E-state index in [9.17, 15) is 8.42 Å². The molecule has 0 saturated carbocycles. The van der Waals surface area contributed by atoms with E-state index in [2.05, 4.69) is 0 Å². The van der Waals surface area contributed by atoms with Gasteiger partial charge in [0.2, 0.25) is 10.0 Å². The van der Waals surface area contributed by atoms with Crippen LogP contribution in [-0.4, -0.2) is 50.4 Å². The highest BCUT2D eigenvalue weighted by molar-refractivity contribution is 7.88. The molecule has 0 aromatic heterocycles. The van der Waals surface area contributed by atoms with E-state index in [4.69, 9.17) is 9.84 Å². The maximum Gasteiger partial charge on any atom is 0.211 e. The third-order valence-corrected chi connectivity index (χ3v) is 5.03. The maximum atomic E-state index is 11.6. The van der Waals surface area contributed by atoms with E-state index in [1.807, 2.05) is 24.3 Å². The second-order valence-corrected chi connectivity index (χ2v) is 7.54. The Balaban J connectivity index is 1.85. The van der Waals surface area contributed by atoms with Gasteiger partial charge >= 0.3 is 0 Å². The monoisotopic (exact) mass is 313 g/mol. The molecule has 1 saturated heterocycles. The Labute approximate surface area is 126 Å². The lowest BCUT2D eigenvalue weighted by molar-refractivity contribution is 0.180. The Bertz CT molecular complexity index is 541. The maximum absolute atomic E-state index is 11.6. The first-order valence-electron chi connectivity index (χ1n) is 7.27. The minimum atomic E-state index is -3.10. The van der Waals surface area contributed by atoms with Gasteiger partial charge in [0.1, 0.15) is 5.75 Å². The lowest BCUT2D eigenvalue weighted by Gasteiger charge is -2.30. The largest absolute Gasteiger partial charge is 0.493 e. The molecule has 1 heterocycles. The molecule has 0 radical (unpaired) electrons. The van der Waals surface area contributed by atoms with Crippen LogP contribution in [0.15, 0.2) is 24.3 Å². The second-order valence-electron chi connectivity index (χ2n) is 5.56. The van der Waals surface area contributed by atoms with Crippen LogP contribution in [0.2, 0.25) is 0 Å². The van der Waals surface area contributed by atoms with Crippen molar-refractivity contribution in [2.45, 2.75) is 19.3 Å². The molecule has 6 heteroatoms. The molecule has 1 aliphatic rings. The van der Waals surface area contributed by atoms with Crippen molar-refractivity contribution >= 4 is 10.0 Å². The quantitative estimate of drug-likeness (QED) is 0.859. The fraction of sp³-hybridized carbons (Fsp3) is 0.600. The van der Waals surface area contributed by atoms with Gasteiger partial charge in [-0.15, -0.1) is 0 Å². The summed E-state index contributed by atoms with van der Waals surface area (Å²) in [5.74, 6) is 1.03. The van der Waals surface area contributed by atoms with Crippen molar-refractivity contribution in [3.63, 3.8) is 0 Å². The van der Waals surface area contributed by atoms with E-state index in [1.165, 1.54) is 10.6 Å². The van der Waals surface area contributed by atoms with Crippen molar-refractivity contribution in [3.8, 4) is 5.75 Å². The van der Waals surface area contributed by atoms with Gasteiger partial charge in [0, 0.05) is 25.6 Å². The number of piperidine rings is 1. The SMILES string of the molecule is CS(=O)(=O)N1CCCC(COc2ccc(CCO)cc2)C1. The number of sulfonamides is 1. The average Bonchev–Trinajstić information content (AvgIpc) is 2.46. The molecular weight excluding hydrogens is 290 g/mol. The van der Waals surface area contributed by atoms with Crippen LogP contribution in [-0.2, 0) is 16.4 Å². The first-order chi connectivity index (χ1) is 9.99. The molecule has 1 atom stereocenters. The average molecular weight is 313 g/mol. The Morgan fingerprint density at radius 2 is 2.05 bits per heavy atom. The molecule has 21 heavy (non-hydrogen) atoms. The molecule has 118 valence electrons. The number of hydrogen-bond acceptors (Lipinski definition) is 4. The van der Waals surface area contributed by atoms with E-state index >= 15 is 0 Å². The fourth-order valence-electron chi connectivity index (χ4n) is 2.56. The van der Waals surface area contributed by atoms with Crippen molar-refractivity contribution in [1.29, 1.82) is 0 Å². The lowest BCUT2D eigenvalue weighted by atomic mass is 10.0. The predicted octanol–water partition coefficient (Wildman–Crippen LogP) is 1.27. The number of aliphatic hydroxyl groups is 1. The van der Waals surface area contributed by atoms with Gasteiger partial charge in [-0.2, -0.15) is 0 Å². The molecule has 1 fully saturated rings. The molecule has 1 aromatic rings. The standard InChI is InChI=1S/C15H23NO4S/c1-21(18,19)16-9-2-3-14(11-16)12-20-15-6-4-13(5-7-15)8-10-17/h4-7,14,17H,2-3,8-12H2,1H3. The summed E-state index contributed by atoms with van der Waals surface area (Å²) in [5.41, 5.74) is 1.07. The Morgan fingerprint density at radius 3 is 2.67 bits per heavy atom. The summed E-state index contributed by atoms with van der Waals surface area (Å²) >= 11 is 0. The van der Waals surface area contributed by atoms with Gasteiger partial charge in [-0.1, -0.05) is 12.1 Å². The zero-order valence-corrected chi connectivity index (χ0v) is 13.2. The number of rotatable bonds is 6. The van der Waals surface area contributed by atoms with Crippen LogP contribution in [0.1, 0.15) is 18.4 Å². The number of nitrogens with zero attached hydrogens (tertiary/aromatic N) is 1. The zero-order chi connectivity index (χ0) is 15.3. The van der Waals surface area contributed by atoms with Gasteiger partial charge < -0.3 is 9.84 Å². The highest BCUT2D eigenvalue weighted by Gasteiger charge is 2.26. The molecule has 5 nitrogen and oxygen atoms in total. The molecule has 0 bridgehead atoms. The summed E-state index contributed by atoms with van der Waals surface area (Å²) in [7, 11) is -3.10. The first kappa shape index (κ1) is 16.3. The number of hydrogen-bond donors (Lipinski definition) is 1. The lowest BCUT2D eigenvalue weighted by Crippen LogP contribution is -2.40. The van der Waals surface area contributed by atoms with Gasteiger partial charge in [0.25, 0.3) is 0 Å². The van der Waals surface area contributed by atoms with E-state index in [1.54, 1.807) is 0 Å².